The average Bonchev–Trinajstić information content (AvgIpc) is 3.41. The number of rotatable bonds is 7. The van der Waals surface area contributed by atoms with Gasteiger partial charge in [-0.05, 0) is 61.3 Å². The van der Waals surface area contributed by atoms with E-state index < -0.39 is 0 Å². The molecule has 0 radical (unpaired) electrons. The predicted molar refractivity (Wildman–Crippen MR) is 125 cm³/mol. The van der Waals surface area contributed by atoms with Crippen molar-refractivity contribution in [2.75, 3.05) is 19.6 Å². The first-order valence-corrected chi connectivity index (χ1v) is 12.5. The average molecular weight is 440 g/mol. The molecule has 2 amide bonds. The summed E-state index contributed by atoms with van der Waals surface area (Å²) in [6.07, 6.45) is 7.34. The van der Waals surface area contributed by atoms with E-state index in [1.54, 1.807) is 16.2 Å². The van der Waals surface area contributed by atoms with Crippen molar-refractivity contribution < 1.29 is 9.59 Å². The van der Waals surface area contributed by atoms with E-state index in [1.807, 2.05) is 17.5 Å². The summed E-state index contributed by atoms with van der Waals surface area (Å²) in [4.78, 5) is 30.8. The smallest absolute Gasteiger partial charge is 0.243 e. The van der Waals surface area contributed by atoms with Crippen LogP contribution in [0.1, 0.15) is 54.5 Å². The van der Waals surface area contributed by atoms with Gasteiger partial charge in [-0.3, -0.25) is 14.5 Å². The Hall–Kier alpha value is -2.18. The van der Waals surface area contributed by atoms with Crippen LogP contribution in [-0.4, -0.2) is 47.3 Å². The molecule has 1 aromatic carbocycles. The van der Waals surface area contributed by atoms with Gasteiger partial charge in [0.1, 0.15) is 6.04 Å². The molecule has 3 heterocycles. The van der Waals surface area contributed by atoms with Gasteiger partial charge in [0.2, 0.25) is 11.8 Å². The maximum absolute atomic E-state index is 12.8. The van der Waals surface area contributed by atoms with Crippen LogP contribution in [0.4, 0.5) is 0 Å². The summed E-state index contributed by atoms with van der Waals surface area (Å²) in [5.41, 5.74) is 2.43. The van der Waals surface area contributed by atoms with Crippen molar-refractivity contribution in [3.8, 4) is 0 Å². The Morgan fingerprint density at radius 3 is 2.39 bits per heavy atom. The zero-order valence-corrected chi connectivity index (χ0v) is 19.0. The number of nitrogens with zero attached hydrogens (tertiary/aromatic N) is 2. The van der Waals surface area contributed by atoms with E-state index in [2.05, 4.69) is 34.5 Å². The maximum Gasteiger partial charge on any atom is 0.243 e. The van der Waals surface area contributed by atoms with Gasteiger partial charge in [-0.1, -0.05) is 43.2 Å². The van der Waals surface area contributed by atoms with Gasteiger partial charge in [-0.2, -0.15) is 0 Å². The molecule has 2 aromatic rings. The molecule has 0 aliphatic carbocycles. The molecule has 1 unspecified atom stereocenters. The molecule has 0 spiro atoms. The van der Waals surface area contributed by atoms with Crippen LogP contribution in [-0.2, 0) is 29.1 Å². The molecule has 2 aliphatic heterocycles. The number of carbonyl (C=O) groups is 2. The Balaban J connectivity index is 1.26. The first kappa shape index (κ1) is 22.0. The number of hydrogen-bond acceptors (Lipinski definition) is 4. The van der Waals surface area contributed by atoms with Gasteiger partial charge >= 0.3 is 0 Å². The summed E-state index contributed by atoms with van der Waals surface area (Å²) in [6.45, 7) is 4.58. The molecule has 5 nitrogen and oxygen atoms in total. The van der Waals surface area contributed by atoms with E-state index in [4.69, 9.17) is 0 Å². The topological polar surface area (TPSA) is 52.7 Å². The van der Waals surface area contributed by atoms with Crippen molar-refractivity contribution in [2.24, 2.45) is 0 Å². The molecule has 6 heteroatoms. The van der Waals surface area contributed by atoms with E-state index in [0.717, 1.165) is 29.8 Å². The highest BCUT2D eigenvalue weighted by molar-refractivity contribution is 7.10. The molecule has 0 saturated carbocycles. The highest BCUT2D eigenvalue weighted by Gasteiger charge is 2.33. The first-order valence-electron chi connectivity index (χ1n) is 11.6. The van der Waals surface area contributed by atoms with Crippen LogP contribution in [0.25, 0.3) is 0 Å². The summed E-state index contributed by atoms with van der Waals surface area (Å²) in [5.74, 6) is 0.0173. The lowest BCUT2D eigenvalue weighted by molar-refractivity contribution is -0.138. The van der Waals surface area contributed by atoms with Gasteiger partial charge in [0.05, 0.1) is 6.42 Å². The van der Waals surface area contributed by atoms with Crippen LogP contribution >= 0.6 is 11.3 Å². The third-order valence-electron chi connectivity index (χ3n) is 6.38. The zero-order chi connectivity index (χ0) is 21.5. The van der Waals surface area contributed by atoms with Gasteiger partial charge in [0.25, 0.3) is 0 Å². The lowest BCUT2D eigenvalue weighted by atomic mass is 10.1. The molecule has 31 heavy (non-hydrogen) atoms. The van der Waals surface area contributed by atoms with Crippen molar-refractivity contribution >= 4 is 23.2 Å². The van der Waals surface area contributed by atoms with E-state index in [-0.39, 0.29) is 17.9 Å². The molecular formula is C25H33N3O2S. The second kappa shape index (κ2) is 10.9. The fourth-order valence-electron chi connectivity index (χ4n) is 4.62. The number of nitrogens with one attached hydrogen (secondary N) is 1. The van der Waals surface area contributed by atoms with E-state index in [9.17, 15) is 9.59 Å². The Morgan fingerprint density at radius 1 is 0.935 bits per heavy atom. The largest absolute Gasteiger partial charge is 0.350 e. The summed E-state index contributed by atoms with van der Waals surface area (Å²) in [7, 11) is 0. The summed E-state index contributed by atoms with van der Waals surface area (Å²) >= 11 is 1.59. The molecule has 1 atom stereocenters. The molecule has 4 rings (SSSR count). The molecule has 2 saturated heterocycles. The van der Waals surface area contributed by atoms with Crippen LogP contribution in [0.2, 0.25) is 0 Å². The fourth-order valence-corrected chi connectivity index (χ4v) is 5.32. The standard InChI is InChI=1S/C25H33N3O2S/c29-24(17-22-7-6-16-31-22)28-15-5-8-23(28)25(30)26-18-20-9-11-21(12-10-20)19-27-13-3-1-2-4-14-27/h6-7,9-12,16,23H,1-5,8,13-15,17-19H2,(H,26,30). The molecule has 1 aromatic heterocycles. The van der Waals surface area contributed by atoms with Gasteiger partial charge < -0.3 is 10.2 Å². The number of benzene rings is 1. The van der Waals surface area contributed by atoms with Crippen LogP contribution in [0.3, 0.4) is 0 Å². The van der Waals surface area contributed by atoms with Gasteiger partial charge in [0, 0.05) is 24.5 Å². The Morgan fingerprint density at radius 2 is 1.68 bits per heavy atom. The Bertz CT molecular complexity index is 842. The lowest BCUT2D eigenvalue weighted by Gasteiger charge is -2.24. The second-order valence-corrected chi connectivity index (χ2v) is 9.76. The normalized spacial score (nSPS) is 19.9. The van der Waals surface area contributed by atoms with Crippen LogP contribution < -0.4 is 5.32 Å². The zero-order valence-electron chi connectivity index (χ0n) is 18.2. The van der Waals surface area contributed by atoms with Gasteiger partial charge in [0.15, 0.2) is 0 Å². The molecular weight excluding hydrogens is 406 g/mol. The predicted octanol–water partition coefficient (Wildman–Crippen LogP) is 3.97. The van der Waals surface area contributed by atoms with E-state index in [0.29, 0.717) is 19.5 Å². The Labute approximate surface area is 189 Å². The van der Waals surface area contributed by atoms with Crippen molar-refractivity contribution in [3.05, 3.63) is 57.8 Å². The monoisotopic (exact) mass is 439 g/mol. The minimum Gasteiger partial charge on any atom is -0.350 e. The fraction of sp³-hybridized carbons (Fsp3) is 0.520. The minimum atomic E-state index is -0.338. The van der Waals surface area contributed by atoms with Crippen LogP contribution in [0, 0.1) is 0 Å². The summed E-state index contributed by atoms with van der Waals surface area (Å²) < 4.78 is 0. The van der Waals surface area contributed by atoms with E-state index in [1.165, 1.54) is 44.3 Å². The van der Waals surface area contributed by atoms with Gasteiger partial charge in [-0.25, -0.2) is 0 Å². The number of carbonyl (C=O) groups excluding carboxylic acids is 2. The van der Waals surface area contributed by atoms with Crippen molar-refractivity contribution in [1.82, 2.24) is 15.1 Å². The number of amides is 2. The van der Waals surface area contributed by atoms with Gasteiger partial charge in [-0.15, -0.1) is 11.3 Å². The second-order valence-electron chi connectivity index (χ2n) is 8.73. The first-order chi connectivity index (χ1) is 15.2. The third-order valence-corrected chi connectivity index (χ3v) is 7.25. The molecule has 2 fully saturated rings. The van der Waals surface area contributed by atoms with E-state index >= 15 is 0 Å². The highest BCUT2D eigenvalue weighted by Crippen LogP contribution is 2.20. The van der Waals surface area contributed by atoms with Crippen molar-refractivity contribution in [1.29, 1.82) is 0 Å². The maximum atomic E-state index is 12.8. The minimum absolute atomic E-state index is 0.0364. The number of likely N-dealkylation sites (tertiary alicyclic amines) is 2. The third kappa shape index (κ3) is 6.17. The molecule has 0 bridgehead atoms. The number of hydrogen-bond donors (Lipinski definition) is 1. The van der Waals surface area contributed by atoms with Crippen LogP contribution in [0.5, 0.6) is 0 Å². The van der Waals surface area contributed by atoms with Crippen molar-refractivity contribution in [2.45, 2.75) is 64.1 Å². The Kier molecular flexibility index (Phi) is 7.76. The highest BCUT2D eigenvalue weighted by atomic mass is 32.1. The lowest BCUT2D eigenvalue weighted by Crippen LogP contribution is -2.46. The SMILES string of the molecule is O=C(NCc1ccc(CN2CCCCCC2)cc1)C1CCCN1C(=O)Cc1cccs1. The van der Waals surface area contributed by atoms with Crippen molar-refractivity contribution in [3.63, 3.8) is 0 Å². The summed E-state index contributed by atoms with van der Waals surface area (Å²) in [5, 5.41) is 5.04. The summed E-state index contributed by atoms with van der Waals surface area (Å²) in [6, 6.07) is 12.2. The molecule has 1 N–H and O–H groups in total. The number of thiophene rings is 1. The molecule has 166 valence electrons. The quantitative estimate of drug-likeness (QED) is 0.710. The molecule has 2 aliphatic rings. The van der Waals surface area contributed by atoms with Crippen LogP contribution in [0.15, 0.2) is 41.8 Å².